The highest BCUT2D eigenvalue weighted by Gasteiger charge is 2.09. The van der Waals surface area contributed by atoms with E-state index >= 15 is 0 Å². The van der Waals surface area contributed by atoms with Crippen LogP contribution < -0.4 is 5.32 Å². The monoisotopic (exact) mass is 317 g/mol. The smallest absolute Gasteiger partial charge is 0.224 e. The van der Waals surface area contributed by atoms with E-state index in [0.717, 1.165) is 5.56 Å². The van der Waals surface area contributed by atoms with Gasteiger partial charge in [0.2, 0.25) is 5.91 Å². The van der Waals surface area contributed by atoms with Gasteiger partial charge in [-0.1, -0.05) is 12.1 Å². The Kier molecular flexibility index (Phi) is 4.63. The number of anilines is 1. The van der Waals surface area contributed by atoms with Gasteiger partial charge in [-0.15, -0.1) is 0 Å². The molecule has 3 rings (SSSR count). The van der Waals surface area contributed by atoms with E-state index in [9.17, 15) is 4.79 Å². The molecule has 3 aromatic rings. The third-order valence-corrected chi connectivity index (χ3v) is 3.51. The molecular weight excluding hydrogens is 302 g/mol. The van der Waals surface area contributed by atoms with Gasteiger partial charge in [0.15, 0.2) is 5.82 Å². The van der Waals surface area contributed by atoms with E-state index in [-0.39, 0.29) is 5.91 Å². The lowest BCUT2D eigenvalue weighted by Gasteiger charge is -2.10. The third-order valence-electron chi connectivity index (χ3n) is 3.51. The highest BCUT2D eigenvalue weighted by atomic mass is 16.1. The Morgan fingerprint density at radius 1 is 1.17 bits per heavy atom. The van der Waals surface area contributed by atoms with Crippen LogP contribution in [0.1, 0.15) is 17.5 Å². The maximum absolute atomic E-state index is 12.2. The van der Waals surface area contributed by atoms with Crippen molar-refractivity contribution in [3.63, 3.8) is 0 Å². The van der Waals surface area contributed by atoms with Gasteiger partial charge < -0.3 is 5.32 Å². The van der Waals surface area contributed by atoms with Crippen LogP contribution in [-0.2, 0) is 11.2 Å². The van der Waals surface area contributed by atoms with Gasteiger partial charge >= 0.3 is 0 Å². The quantitative estimate of drug-likeness (QED) is 0.784. The van der Waals surface area contributed by atoms with Crippen LogP contribution in [0.25, 0.3) is 5.82 Å². The third kappa shape index (κ3) is 3.65. The van der Waals surface area contributed by atoms with Crippen LogP contribution in [0, 0.1) is 11.3 Å². The zero-order valence-electron chi connectivity index (χ0n) is 12.9. The SMILES string of the molecule is N#Cc1ccc(CCC(=O)Nc2cccnc2-n2cccn2)cc1. The minimum Gasteiger partial charge on any atom is -0.323 e. The van der Waals surface area contributed by atoms with Crippen molar-refractivity contribution in [2.75, 3.05) is 5.32 Å². The first kappa shape index (κ1) is 15.4. The number of carbonyl (C=O) groups is 1. The van der Waals surface area contributed by atoms with E-state index in [2.05, 4.69) is 21.5 Å². The molecule has 6 nitrogen and oxygen atoms in total. The molecule has 0 bridgehead atoms. The topological polar surface area (TPSA) is 83.6 Å². The molecule has 1 amide bonds. The van der Waals surface area contributed by atoms with E-state index in [0.29, 0.717) is 29.9 Å². The Morgan fingerprint density at radius 3 is 2.71 bits per heavy atom. The van der Waals surface area contributed by atoms with Crippen molar-refractivity contribution in [3.05, 3.63) is 72.2 Å². The van der Waals surface area contributed by atoms with Crippen molar-refractivity contribution in [1.82, 2.24) is 14.8 Å². The first-order valence-electron chi connectivity index (χ1n) is 7.50. The molecule has 0 fully saturated rings. The zero-order chi connectivity index (χ0) is 16.8. The van der Waals surface area contributed by atoms with Gasteiger partial charge in [-0.3, -0.25) is 4.79 Å². The predicted octanol–water partition coefficient (Wildman–Crippen LogP) is 2.71. The fourth-order valence-corrected chi connectivity index (χ4v) is 2.29. The lowest BCUT2D eigenvalue weighted by molar-refractivity contribution is -0.116. The highest BCUT2D eigenvalue weighted by molar-refractivity contribution is 5.92. The van der Waals surface area contributed by atoms with Crippen molar-refractivity contribution < 1.29 is 4.79 Å². The largest absolute Gasteiger partial charge is 0.323 e. The van der Waals surface area contributed by atoms with Crippen molar-refractivity contribution in [2.45, 2.75) is 12.8 Å². The number of aryl methyl sites for hydroxylation is 1. The highest BCUT2D eigenvalue weighted by Crippen LogP contribution is 2.16. The minimum atomic E-state index is -0.0965. The second kappa shape index (κ2) is 7.20. The fraction of sp³-hybridized carbons (Fsp3) is 0.111. The number of nitrogens with zero attached hydrogens (tertiary/aromatic N) is 4. The number of rotatable bonds is 5. The Bertz CT molecular complexity index is 863. The summed E-state index contributed by atoms with van der Waals surface area (Å²) in [5.74, 6) is 0.481. The molecule has 0 radical (unpaired) electrons. The first-order valence-corrected chi connectivity index (χ1v) is 7.50. The van der Waals surface area contributed by atoms with Crippen molar-refractivity contribution in [2.24, 2.45) is 0 Å². The van der Waals surface area contributed by atoms with Gasteiger partial charge in [0.1, 0.15) is 0 Å². The Morgan fingerprint density at radius 2 is 2.00 bits per heavy atom. The van der Waals surface area contributed by atoms with E-state index in [1.54, 1.807) is 53.6 Å². The summed E-state index contributed by atoms with van der Waals surface area (Å²) in [5, 5.41) is 15.8. The van der Waals surface area contributed by atoms with Crippen LogP contribution in [-0.4, -0.2) is 20.7 Å². The van der Waals surface area contributed by atoms with Gasteiger partial charge in [-0.2, -0.15) is 10.4 Å². The Labute approximate surface area is 139 Å². The summed E-state index contributed by atoms with van der Waals surface area (Å²) < 4.78 is 1.61. The Balaban J connectivity index is 1.64. The minimum absolute atomic E-state index is 0.0965. The normalized spacial score (nSPS) is 10.1. The standard InChI is InChI=1S/C18H15N5O/c19-13-15-6-4-14(5-7-15)8-9-17(24)22-16-3-1-10-20-18(16)23-12-2-11-21-23/h1-7,10-12H,8-9H2,(H,22,24). The maximum atomic E-state index is 12.2. The molecule has 0 saturated heterocycles. The fourth-order valence-electron chi connectivity index (χ4n) is 2.29. The predicted molar refractivity (Wildman–Crippen MR) is 89.5 cm³/mol. The molecule has 0 spiro atoms. The molecule has 24 heavy (non-hydrogen) atoms. The first-order chi connectivity index (χ1) is 11.8. The number of pyridine rings is 1. The van der Waals surface area contributed by atoms with Crippen LogP contribution in [0.5, 0.6) is 0 Å². The van der Waals surface area contributed by atoms with Gasteiger partial charge in [-0.05, 0) is 42.3 Å². The molecule has 118 valence electrons. The zero-order valence-corrected chi connectivity index (χ0v) is 12.9. The summed E-state index contributed by atoms with van der Waals surface area (Å²) in [4.78, 5) is 16.5. The van der Waals surface area contributed by atoms with Crippen LogP contribution in [0.2, 0.25) is 0 Å². The molecule has 0 saturated carbocycles. The number of nitrogens with one attached hydrogen (secondary N) is 1. The van der Waals surface area contributed by atoms with Gasteiger partial charge in [0.05, 0.1) is 17.3 Å². The van der Waals surface area contributed by atoms with Crippen LogP contribution in [0.4, 0.5) is 5.69 Å². The lowest BCUT2D eigenvalue weighted by atomic mass is 10.1. The second-order valence-electron chi connectivity index (χ2n) is 5.18. The molecule has 1 N–H and O–H groups in total. The molecular formula is C18H15N5O. The lowest BCUT2D eigenvalue weighted by Crippen LogP contribution is -2.15. The summed E-state index contributed by atoms with van der Waals surface area (Å²) in [7, 11) is 0. The molecule has 2 heterocycles. The summed E-state index contributed by atoms with van der Waals surface area (Å²) in [6.07, 6.45) is 6.04. The number of hydrogen-bond acceptors (Lipinski definition) is 4. The van der Waals surface area contributed by atoms with Gasteiger partial charge in [-0.25, -0.2) is 9.67 Å². The maximum Gasteiger partial charge on any atom is 0.224 e. The molecule has 0 atom stereocenters. The van der Waals surface area contributed by atoms with Crippen molar-refractivity contribution >= 4 is 11.6 Å². The molecule has 6 heteroatoms. The summed E-state index contributed by atoms with van der Waals surface area (Å²) >= 11 is 0. The molecule has 2 aromatic heterocycles. The Hall–Kier alpha value is -3.46. The number of amides is 1. The van der Waals surface area contributed by atoms with E-state index in [4.69, 9.17) is 5.26 Å². The van der Waals surface area contributed by atoms with E-state index in [1.165, 1.54) is 0 Å². The van der Waals surface area contributed by atoms with Gasteiger partial charge in [0.25, 0.3) is 0 Å². The molecule has 0 aliphatic heterocycles. The molecule has 1 aromatic carbocycles. The van der Waals surface area contributed by atoms with Crippen LogP contribution >= 0.6 is 0 Å². The van der Waals surface area contributed by atoms with Gasteiger partial charge in [0, 0.05) is 25.0 Å². The number of nitriles is 1. The summed E-state index contributed by atoms with van der Waals surface area (Å²) in [6.45, 7) is 0. The number of hydrogen-bond donors (Lipinski definition) is 1. The summed E-state index contributed by atoms with van der Waals surface area (Å²) in [5.41, 5.74) is 2.25. The second-order valence-corrected chi connectivity index (χ2v) is 5.18. The van der Waals surface area contributed by atoms with Crippen LogP contribution in [0.15, 0.2) is 61.1 Å². The average molecular weight is 317 g/mol. The molecule has 0 aliphatic rings. The average Bonchev–Trinajstić information content (AvgIpc) is 3.15. The van der Waals surface area contributed by atoms with E-state index in [1.807, 2.05) is 12.1 Å². The number of carbonyl (C=O) groups excluding carboxylic acids is 1. The molecule has 0 aliphatic carbocycles. The molecule has 0 unspecified atom stereocenters. The van der Waals surface area contributed by atoms with Crippen molar-refractivity contribution in [3.8, 4) is 11.9 Å². The van der Waals surface area contributed by atoms with Crippen molar-refractivity contribution in [1.29, 1.82) is 5.26 Å². The van der Waals surface area contributed by atoms with E-state index < -0.39 is 0 Å². The van der Waals surface area contributed by atoms with Crippen LogP contribution in [0.3, 0.4) is 0 Å². The number of aromatic nitrogens is 3. The summed E-state index contributed by atoms with van der Waals surface area (Å²) in [6, 6.07) is 14.7. The number of benzene rings is 1.